The molecule has 0 radical (unpaired) electrons. The Balaban J connectivity index is 2.19. The molecule has 8 heteroatoms. The number of halogens is 1. The summed E-state index contributed by atoms with van der Waals surface area (Å²) in [6.07, 6.45) is 0.0827. The molecule has 19 heavy (non-hydrogen) atoms. The van der Waals surface area contributed by atoms with Crippen LogP contribution in [0, 0.1) is 6.92 Å². The van der Waals surface area contributed by atoms with Crippen LogP contribution in [0.2, 0.25) is 0 Å². The molecule has 1 fully saturated rings. The smallest absolute Gasteiger partial charge is 0.261 e. The van der Waals surface area contributed by atoms with Gasteiger partial charge in [0.1, 0.15) is 11.9 Å². The molecule has 0 amide bonds. The fraction of sp³-hybridized carbons (Fsp3) is 0.455. The van der Waals surface area contributed by atoms with Crippen LogP contribution in [0.3, 0.4) is 0 Å². The van der Waals surface area contributed by atoms with Gasteiger partial charge in [-0.2, -0.15) is 0 Å². The lowest BCUT2D eigenvalue weighted by atomic mass is 10.2. The van der Waals surface area contributed by atoms with Crippen LogP contribution in [0.1, 0.15) is 12.0 Å². The van der Waals surface area contributed by atoms with E-state index in [0.717, 1.165) is 0 Å². The van der Waals surface area contributed by atoms with E-state index < -0.39 is 18.9 Å². The fourth-order valence-corrected chi connectivity index (χ4v) is 4.37. The standard InChI is InChI=1S/C11H13ClO5S2/c1-8-6-10(19(12,15)16)2-3-11(8)17-9-4-5-18(13,14)7-9/h2-3,6,9H,4-5,7H2,1H3. The molecule has 0 bridgehead atoms. The molecule has 0 N–H and O–H groups in total. The minimum Gasteiger partial charge on any atom is -0.489 e. The Bertz CT molecular complexity index is 694. The number of aryl methyl sites for hydroxylation is 1. The van der Waals surface area contributed by atoms with Crippen LogP contribution in [-0.2, 0) is 18.9 Å². The lowest BCUT2D eigenvalue weighted by Crippen LogP contribution is -2.18. The van der Waals surface area contributed by atoms with Crippen molar-refractivity contribution < 1.29 is 21.6 Å². The third-order valence-corrected chi connectivity index (χ3v) is 6.00. The summed E-state index contributed by atoms with van der Waals surface area (Å²) in [4.78, 5) is -0.00180. The first-order valence-corrected chi connectivity index (χ1v) is 9.73. The van der Waals surface area contributed by atoms with E-state index in [4.69, 9.17) is 15.4 Å². The summed E-state index contributed by atoms with van der Waals surface area (Å²) in [6, 6.07) is 4.24. The van der Waals surface area contributed by atoms with Crippen LogP contribution in [-0.4, -0.2) is 34.4 Å². The molecular weight excluding hydrogens is 312 g/mol. The minimum absolute atomic E-state index is 0.00180. The van der Waals surface area contributed by atoms with Gasteiger partial charge < -0.3 is 4.74 Å². The van der Waals surface area contributed by atoms with E-state index >= 15 is 0 Å². The zero-order valence-electron chi connectivity index (χ0n) is 10.2. The Morgan fingerprint density at radius 2 is 2.05 bits per heavy atom. The first kappa shape index (κ1) is 14.6. The molecule has 1 aromatic carbocycles. The Morgan fingerprint density at radius 3 is 2.53 bits per heavy atom. The molecule has 5 nitrogen and oxygen atoms in total. The third kappa shape index (κ3) is 3.61. The molecule has 1 aliphatic heterocycles. The Kier molecular flexibility index (Phi) is 3.81. The van der Waals surface area contributed by atoms with Gasteiger partial charge in [0.05, 0.1) is 16.4 Å². The average Bonchev–Trinajstić information content (AvgIpc) is 2.59. The van der Waals surface area contributed by atoms with Crippen molar-refractivity contribution in [2.24, 2.45) is 0 Å². The highest BCUT2D eigenvalue weighted by atomic mass is 35.7. The second-order valence-electron chi connectivity index (χ2n) is 4.51. The number of ether oxygens (including phenoxy) is 1. The molecular formula is C11H13ClO5S2. The number of hydrogen-bond donors (Lipinski definition) is 0. The molecule has 0 spiro atoms. The first-order chi connectivity index (χ1) is 8.67. The molecule has 1 aliphatic rings. The van der Waals surface area contributed by atoms with Crippen molar-refractivity contribution in [2.45, 2.75) is 24.3 Å². The fourth-order valence-electron chi connectivity index (χ4n) is 1.94. The molecule has 0 aromatic heterocycles. The van der Waals surface area contributed by atoms with Crippen LogP contribution in [0.25, 0.3) is 0 Å². The molecule has 1 unspecified atom stereocenters. The van der Waals surface area contributed by atoms with Crippen LogP contribution >= 0.6 is 10.7 Å². The summed E-state index contributed by atoms with van der Waals surface area (Å²) < 4.78 is 50.6. The Morgan fingerprint density at radius 1 is 1.37 bits per heavy atom. The summed E-state index contributed by atoms with van der Waals surface area (Å²) in [7, 11) is -1.53. The van der Waals surface area contributed by atoms with Crippen molar-refractivity contribution in [3.8, 4) is 5.75 Å². The monoisotopic (exact) mass is 324 g/mol. The number of rotatable bonds is 3. The molecule has 0 aliphatic carbocycles. The van der Waals surface area contributed by atoms with E-state index in [-0.39, 0.29) is 22.5 Å². The predicted molar refractivity (Wildman–Crippen MR) is 71.9 cm³/mol. The second-order valence-corrected chi connectivity index (χ2v) is 9.30. The summed E-state index contributed by atoms with van der Waals surface area (Å²) in [6.45, 7) is 1.68. The lowest BCUT2D eigenvalue weighted by molar-refractivity contribution is 0.227. The Labute approximate surface area is 116 Å². The topological polar surface area (TPSA) is 77.5 Å². The van der Waals surface area contributed by atoms with Crippen molar-refractivity contribution in [1.29, 1.82) is 0 Å². The van der Waals surface area contributed by atoms with Gasteiger partial charge in [0.25, 0.3) is 9.05 Å². The van der Waals surface area contributed by atoms with Gasteiger partial charge in [-0.25, -0.2) is 16.8 Å². The van der Waals surface area contributed by atoms with Gasteiger partial charge in [-0.1, -0.05) is 0 Å². The zero-order chi connectivity index (χ0) is 14.3. The molecule has 2 rings (SSSR count). The van der Waals surface area contributed by atoms with Crippen LogP contribution < -0.4 is 4.74 Å². The van der Waals surface area contributed by atoms with Crippen molar-refractivity contribution in [3.05, 3.63) is 23.8 Å². The zero-order valence-corrected chi connectivity index (χ0v) is 12.6. The van der Waals surface area contributed by atoms with Crippen LogP contribution in [0.15, 0.2) is 23.1 Å². The molecule has 0 saturated carbocycles. The molecule has 1 heterocycles. The number of hydrogen-bond acceptors (Lipinski definition) is 5. The highest BCUT2D eigenvalue weighted by molar-refractivity contribution is 8.13. The van der Waals surface area contributed by atoms with Crippen molar-refractivity contribution in [2.75, 3.05) is 11.5 Å². The van der Waals surface area contributed by atoms with Gasteiger partial charge in [0.15, 0.2) is 9.84 Å². The second kappa shape index (κ2) is 4.96. The lowest BCUT2D eigenvalue weighted by Gasteiger charge is -2.14. The number of benzene rings is 1. The van der Waals surface area contributed by atoms with Crippen molar-refractivity contribution >= 4 is 29.6 Å². The van der Waals surface area contributed by atoms with Crippen molar-refractivity contribution in [3.63, 3.8) is 0 Å². The van der Waals surface area contributed by atoms with E-state index in [0.29, 0.717) is 17.7 Å². The van der Waals surface area contributed by atoms with Crippen LogP contribution in [0.5, 0.6) is 5.75 Å². The number of sulfone groups is 1. The quantitative estimate of drug-likeness (QED) is 0.787. The van der Waals surface area contributed by atoms with E-state index in [9.17, 15) is 16.8 Å². The van der Waals surface area contributed by atoms with E-state index in [2.05, 4.69) is 0 Å². The normalized spacial score (nSPS) is 22.3. The minimum atomic E-state index is -3.77. The summed E-state index contributed by atoms with van der Waals surface area (Å²) in [5, 5.41) is 0. The average molecular weight is 325 g/mol. The summed E-state index contributed by atoms with van der Waals surface area (Å²) >= 11 is 0. The molecule has 1 aromatic rings. The van der Waals surface area contributed by atoms with Gasteiger partial charge in [-0.15, -0.1) is 0 Å². The third-order valence-electron chi connectivity index (χ3n) is 2.91. The van der Waals surface area contributed by atoms with E-state index in [1.807, 2.05) is 0 Å². The highest BCUT2D eigenvalue weighted by Gasteiger charge is 2.29. The van der Waals surface area contributed by atoms with Gasteiger partial charge in [0.2, 0.25) is 0 Å². The molecule has 1 atom stereocenters. The van der Waals surface area contributed by atoms with Gasteiger partial charge >= 0.3 is 0 Å². The maximum absolute atomic E-state index is 11.3. The SMILES string of the molecule is Cc1cc(S(=O)(=O)Cl)ccc1OC1CCS(=O)(=O)C1. The molecule has 1 saturated heterocycles. The summed E-state index contributed by atoms with van der Waals surface area (Å²) in [5.74, 6) is 0.610. The highest BCUT2D eigenvalue weighted by Crippen LogP contribution is 2.26. The van der Waals surface area contributed by atoms with E-state index in [1.165, 1.54) is 18.2 Å². The van der Waals surface area contributed by atoms with Gasteiger partial charge in [-0.05, 0) is 37.1 Å². The van der Waals surface area contributed by atoms with Gasteiger partial charge in [0, 0.05) is 10.7 Å². The van der Waals surface area contributed by atoms with Crippen molar-refractivity contribution in [1.82, 2.24) is 0 Å². The molecule has 106 valence electrons. The Hall–Kier alpha value is -0.790. The first-order valence-electron chi connectivity index (χ1n) is 5.60. The van der Waals surface area contributed by atoms with E-state index in [1.54, 1.807) is 6.92 Å². The van der Waals surface area contributed by atoms with Gasteiger partial charge in [-0.3, -0.25) is 0 Å². The maximum atomic E-state index is 11.3. The summed E-state index contributed by atoms with van der Waals surface area (Å²) in [5.41, 5.74) is 0.603. The predicted octanol–water partition coefficient (Wildman–Crippen LogP) is 1.49. The largest absolute Gasteiger partial charge is 0.489 e. The van der Waals surface area contributed by atoms with Crippen LogP contribution in [0.4, 0.5) is 0 Å². The maximum Gasteiger partial charge on any atom is 0.261 e.